The first-order chi connectivity index (χ1) is 13.7. The van der Waals surface area contributed by atoms with Crippen LogP contribution in [0.4, 0.5) is 0 Å². The minimum Gasteiger partial charge on any atom is -0.0622 e. The number of fused-ring (bicyclic) bond motifs is 6. The maximum Gasteiger partial charge on any atom is -0.0122 e. The topological polar surface area (TPSA) is 0 Å². The van der Waals surface area contributed by atoms with E-state index in [1.807, 2.05) is 0 Å². The smallest absolute Gasteiger partial charge is 0.0122 e. The third-order valence-electron chi connectivity index (χ3n) is 6.00. The summed E-state index contributed by atoms with van der Waals surface area (Å²) in [6.45, 7) is 4.48. The Kier molecular flexibility index (Phi) is 4.13. The van der Waals surface area contributed by atoms with E-state index in [1.54, 1.807) is 0 Å². The Morgan fingerprint density at radius 1 is 0.464 bits per heavy atom. The minimum atomic E-state index is 1.08. The second-order valence-corrected chi connectivity index (χ2v) is 7.88. The Bertz CT molecular complexity index is 1090. The van der Waals surface area contributed by atoms with Crippen molar-refractivity contribution in [2.75, 3.05) is 0 Å². The van der Waals surface area contributed by atoms with Crippen LogP contribution in [0.1, 0.15) is 22.3 Å². The summed E-state index contributed by atoms with van der Waals surface area (Å²) in [5, 5.41) is 0. The van der Waals surface area contributed by atoms with Crippen molar-refractivity contribution < 1.29 is 0 Å². The molecule has 4 aromatic carbocycles. The molecule has 1 aliphatic carbocycles. The van der Waals surface area contributed by atoms with E-state index < -0.39 is 0 Å². The third kappa shape index (κ3) is 2.86. The largest absolute Gasteiger partial charge is 0.0622 e. The normalized spacial score (nSPS) is 12.4. The lowest BCUT2D eigenvalue weighted by atomic mass is 9.89. The summed E-state index contributed by atoms with van der Waals surface area (Å²) in [6.07, 6.45) is 2.15. The van der Waals surface area contributed by atoms with E-state index in [0.29, 0.717) is 0 Å². The molecule has 0 N–H and O–H groups in total. The number of aryl methyl sites for hydroxylation is 4. The monoisotopic (exact) mass is 360 g/mol. The van der Waals surface area contributed by atoms with Crippen LogP contribution in [0.15, 0.2) is 84.9 Å². The van der Waals surface area contributed by atoms with E-state index in [4.69, 9.17) is 0 Å². The molecule has 5 rings (SSSR count). The van der Waals surface area contributed by atoms with Gasteiger partial charge in [0.2, 0.25) is 0 Å². The fourth-order valence-electron chi connectivity index (χ4n) is 4.68. The molecule has 0 aromatic heterocycles. The van der Waals surface area contributed by atoms with E-state index >= 15 is 0 Å². The third-order valence-corrected chi connectivity index (χ3v) is 6.00. The molecule has 0 heterocycles. The highest BCUT2D eigenvalue weighted by Crippen LogP contribution is 2.39. The van der Waals surface area contributed by atoms with Crippen molar-refractivity contribution in [2.24, 2.45) is 0 Å². The quantitative estimate of drug-likeness (QED) is 0.332. The molecule has 0 aliphatic heterocycles. The molecule has 0 heteroatoms. The lowest BCUT2D eigenvalue weighted by Crippen LogP contribution is -1.97. The molecular weight excluding hydrogens is 336 g/mol. The summed E-state index contributed by atoms with van der Waals surface area (Å²) >= 11 is 0. The van der Waals surface area contributed by atoms with Gasteiger partial charge in [0.05, 0.1) is 0 Å². The second kappa shape index (κ2) is 6.80. The van der Waals surface area contributed by atoms with Crippen molar-refractivity contribution >= 4 is 0 Å². The first-order valence-electron chi connectivity index (χ1n) is 10.1. The highest BCUT2D eigenvalue weighted by Gasteiger charge is 2.17. The maximum atomic E-state index is 2.40. The highest BCUT2D eigenvalue weighted by atomic mass is 14.2. The fraction of sp³-hybridized carbons (Fsp3) is 0.143. The maximum absolute atomic E-state index is 2.40. The summed E-state index contributed by atoms with van der Waals surface area (Å²) < 4.78 is 0. The van der Waals surface area contributed by atoms with Crippen molar-refractivity contribution in [1.29, 1.82) is 0 Å². The van der Waals surface area contributed by atoms with Crippen LogP contribution >= 0.6 is 0 Å². The molecule has 4 aromatic rings. The van der Waals surface area contributed by atoms with Crippen molar-refractivity contribution in [3.05, 3.63) is 107 Å². The van der Waals surface area contributed by atoms with Crippen LogP contribution in [0.25, 0.3) is 33.4 Å². The molecule has 0 atom stereocenters. The fourth-order valence-corrected chi connectivity index (χ4v) is 4.68. The molecule has 1 aliphatic rings. The molecule has 0 radical (unpaired) electrons. The number of rotatable bonds is 1. The van der Waals surface area contributed by atoms with Gasteiger partial charge in [0.1, 0.15) is 0 Å². The lowest BCUT2D eigenvalue weighted by Gasteiger charge is -2.15. The van der Waals surface area contributed by atoms with E-state index in [2.05, 4.69) is 98.8 Å². The van der Waals surface area contributed by atoms with Crippen LogP contribution in [0.3, 0.4) is 0 Å². The lowest BCUT2D eigenvalue weighted by molar-refractivity contribution is 0.962. The molecule has 0 saturated heterocycles. The Morgan fingerprint density at radius 3 is 1.50 bits per heavy atom. The van der Waals surface area contributed by atoms with Gasteiger partial charge in [-0.05, 0) is 101 Å². The zero-order valence-corrected chi connectivity index (χ0v) is 16.5. The number of benzene rings is 4. The van der Waals surface area contributed by atoms with Gasteiger partial charge in [0.25, 0.3) is 0 Å². The molecule has 0 unspecified atom stereocenters. The summed E-state index contributed by atoms with van der Waals surface area (Å²) in [7, 11) is 0. The average Bonchev–Trinajstić information content (AvgIpc) is 2.76. The Morgan fingerprint density at radius 2 is 0.964 bits per heavy atom. The van der Waals surface area contributed by atoms with Gasteiger partial charge >= 0.3 is 0 Å². The average molecular weight is 361 g/mol. The zero-order valence-electron chi connectivity index (χ0n) is 16.5. The molecule has 136 valence electrons. The second-order valence-electron chi connectivity index (χ2n) is 7.88. The van der Waals surface area contributed by atoms with Crippen LogP contribution in [-0.4, -0.2) is 0 Å². The Balaban J connectivity index is 1.87. The van der Waals surface area contributed by atoms with Crippen LogP contribution in [-0.2, 0) is 12.8 Å². The van der Waals surface area contributed by atoms with Gasteiger partial charge in [-0.25, -0.2) is 0 Å². The summed E-state index contributed by atoms with van der Waals surface area (Å²) in [6, 6.07) is 31.4. The molecule has 0 fully saturated rings. The predicted octanol–water partition coefficient (Wildman–Crippen LogP) is 7.40. The van der Waals surface area contributed by atoms with Gasteiger partial charge < -0.3 is 0 Å². The standard InChI is InChI=1S/C28H24/c1-19-8-6-12-22-14-15-23-13-7-9-20(2)28(23)26-17-24(16-25(18-26)27(19)22)21-10-4-3-5-11-21/h3-13,16-18H,14-15H2,1-2H3. The van der Waals surface area contributed by atoms with Crippen LogP contribution < -0.4 is 0 Å². The highest BCUT2D eigenvalue weighted by molar-refractivity contribution is 5.85. The minimum absolute atomic E-state index is 1.08. The van der Waals surface area contributed by atoms with E-state index in [0.717, 1.165) is 12.8 Å². The van der Waals surface area contributed by atoms with Crippen molar-refractivity contribution in [3.8, 4) is 33.4 Å². The van der Waals surface area contributed by atoms with E-state index in [1.165, 1.54) is 55.6 Å². The summed E-state index contributed by atoms with van der Waals surface area (Å²) in [4.78, 5) is 0. The Labute approximate surface area is 167 Å². The van der Waals surface area contributed by atoms with Gasteiger partial charge in [-0.2, -0.15) is 0 Å². The van der Waals surface area contributed by atoms with Gasteiger partial charge in [0, 0.05) is 0 Å². The molecular formula is C28H24. The SMILES string of the molecule is Cc1cccc2c1-c1cc(-c3ccccc3)cc(c1)-c1c(C)cccc1CC2. The van der Waals surface area contributed by atoms with E-state index in [9.17, 15) is 0 Å². The van der Waals surface area contributed by atoms with E-state index in [-0.39, 0.29) is 0 Å². The first kappa shape index (κ1) is 17.0. The van der Waals surface area contributed by atoms with Crippen LogP contribution in [0.2, 0.25) is 0 Å². The Hall–Kier alpha value is -3.12. The molecule has 0 spiro atoms. The molecule has 0 nitrogen and oxygen atoms in total. The zero-order chi connectivity index (χ0) is 19.1. The van der Waals surface area contributed by atoms with Gasteiger partial charge in [-0.3, -0.25) is 0 Å². The van der Waals surface area contributed by atoms with Crippen molar-refractivity contribution in [3.63, 3.8) is 0 Å². The van der Waals surface area contributed by atoms with Crippen LogP contribution in [0.5, 0.6) is 0 Å². The molecule has 28 heavy (non-hydrogen) atoms. The van der Waals surface area contributed by atoms with Crippen LogP contribution in [0, 0.1) is 13.8 Å². The molecule has 2 bridgehead atoms. The van der Waals surface area contributed by atoms with Gasteiger partial charge in [0.15, 0.2) is 0 Å². The molecule has 0 saturated carbocycles. The van der Waals surface area contributed by atoms with Crippen molar-refractivity contribution in [2.45, 2.75) is 26.7 Å². The predicted molar refractivity (Wildman–Crippen MR) is 120 cm³/mol. The van der Waals surface area contributed by atoms with Gasteiger partial charge in [-0.1, -0.05) is 66.7 Å². The summed E-state index contributed by atoms with van der Waals surface area (Å²) in [5.41, 5.74) is 13.7. The number of hydrogen-bond acceptors (Lipinski definition) is 0. The number of hydrogen-bond donors (Lipinski definition) is 0. The molecule has 0 amide bonds. The van der Waals surface area contributed by atoms with Crippen molar-refractivity contribution in [1.82, 2.24) is 0 Å². The van der Waals surface area contributed by atoms with Gasteiger partial charge in [-0.15, -0.1) is 0 Å². The summed E-state index contributed by atoms with van der Waals surface area (Å²) in [5.74, 6) is 0. The first-order valence-corrected chi connectivity index (χ1v) is 10.1.